The van der Waals surface area contributed by atoms with Crippen LogP contribution in [0.3, 0.4) is 0 Å². The Balaban J connectivity index is 2.47. The number of benzene rings is 1. The third-order valence-corrected chi connectivity index (χ3v) is 5.72. The molecule has 0 radical (unpaired) electrons. The zero-order chi connectivity index (χ0) is 15.4. The quantitative estimate of drug-likeness (QED) is 0.577. The van der Waals surface area contributed by atoms with Gasteiger partial charge in [0.2, 0.25) is 0 Å². The van der Waals surface area contributed by atoms with Crippen LogP contribution in [0.2, 0.25) is 5.02 Å². The molecule has 0 aliphatic heterocycles. The van der Waals surface area contributed by atoms with Gasteiger partial charge in [0.25, 0.3) is 0 Å². The maximum atomic E-state index is 6.07. The first-order valence-electron chi connectivity index (χ1n) is 6.58. The van der Waals surface area contributed by atoms with Crippen molar-refractivity contribution in [3.63, 3.8) is 0 Å². The fourth-order valence-corrected chi connectivity index (χ4v) is 5.21. The van der Waals surface area contributed by atoms with E-state index >= 15 is 0 Å². The Hall–Kier alpha value is -0.0700. The van der Waals surface area contributed by atoms with Gasteiger partial charge in [0.15, 0.2) is 0 Å². The third-order valence-electron chi connectivity index (χ3n) is 3.10. The van der Waals surface area contributed by atoms with Crippen LogP contribution < -0.4 is 10.1 Å². The molecule has 1 heterocycles. The first-order chi connectivity index (χ1) is 10.1. The largest absolute Gasteiger partial charge is 0.496 e. The molecular weight excluding hydrogens is 437 g/mol. The van der Waals surface area contributed by atoms with Crippen molar-refractivity contribution >= 4 is 54.8 Å². The molecule has 1 aromatic heterocycles. The highest BCUT2D eigenvalue weighted by Gasteiger charge is 2.22. The molecule has 0 spiro atoms. The van der Waals surface area contributed by atoms with Crippen molar-refractivity contribution in [1.82, 2.24) is 5.32 Å². The summed E-state index contributed by atoms with van der Waals surface area (Å²) in [6.45, 7) is 3.08. The minimum atomic E-state index is 0.0640. The molecule has 0 bridgehead atoms. The maximum Gasteiger partial charge on any atom is 0.125 e. The van der Waals surface area contributed by atoms with Gasteiger partial charge in [0.05, 0.1) is 20.7 Å². The lowest BCUT2D eigenvalue weighted by Gasteiger charge is -2.21. The van der Waals surface area contributed by atoms with Crippen LogP contribution in [0.4, 0.5) is 0 Å². The summed E-state index contributed by atoms with van der Waals surface area (Å²) in [4.78, 5) is 0. The van der Waals surface area contributed by atoms with Gasteiger partial charge < -0.3 is 10.1 Å². The predicted octanol–water partition coefficient (Wildman–Crippen LogP) is 6.02. The summed E-state index contributed by atoms with van der Waals surface area (Å²) < 4.78 is 7.72. The molecule has 2 aromatic rings. The van der Waals surface area contributed by atoms with Crippen molar-refractivity contribution in [3.8, 4) is 5.75 Å². The summed E-state index contributed by atoms with van der Waals surface area (Å²) in [6, 6.07) is 7.97. The van der Waals surface area contributed by atoms with Gasteiger partial charge in [-0.05, 0) is 68.6 Å². The van der Waals surface area contributed by atoms with Crippen LogP contribution in [-0.2, 0) is 0 Å². The molecule has 21 heavy (non-hydrogen) atoms. The number of thiophene rings is 1. The molecule has 0 saturated carbocycles. The van der Waals surface area contributed by atoms with Gasteiger partial charge in [-0.1, -0.05) is 24.6 Å². The monoisotopic (exact) mass is 451 g/mol. The second-order valence-corrected chi connectivity index (χ2v) is 8.74. The van der Waals surface area contributed by atoms with E-state index in [0.29, 0.717) is 5.02 Å². The number of nitrogens with one attached hydrogen (secondary N) is 1. The van der Waals surface area contributed by atoms with Crippen molar-refractivity contribution in [3.05, 3.63) is 48.0 Å². The van der Waals surface area contributed by atoms with E-state index < -0.39 is 0 Å². The Labute approximate surface area is 151 Å². The van der Waals surface area contributed by atoms with E-state index in [9.17, 15) is 0 Å². The third kappa shape index (κ3) is 4.23. The Morgan fingerprint density at radius 3 is 2.62 bits per heavy atom. The zero-order valence-corrected chi connectivity index (χ0v) is 16.5. The second kappa shape index (κ2) is 7.97. The normalized spacial score (nSPS) is 12.4. The highest BCUT2D eigenvalue weighted by atomic mass is 79.9. The number of hydrogen-bond acceptors (Lipinski definition) is 3. The highest BCUT2D eigenvalue weighted by molar-refractivity contribution is 9.12. The number of ether oxygens (including phenoxy) is 1. The number of methoxy groups -OCH3 is 1. The summed E-state index contributed by atoms with van der Waals surface area (Å²) in [6.07, 6.45) is 1.06. The fraction of sp³-hybridized carbons (Fsp3) is 0.333. The van der Waals surface area contributed by atoms with Crippen molar-refractivity contribution in [1.29, 1.82) is 0 Å². The van der Waals surface area contributed by atoms with Crippen LogP contribution in [-0.4, -0.2) is 13.7 Å². The Kier molecular flexibility index (Phi) is 6.56. The standard InChI is InChI=1S/C15H16Br2ClNOS/c1-3-6-19-14(11-8-13(16)21-15(11)17)10-5-4-9(18)7-12(10)20-2/h4-5,7-8,14,19H,3,6H2,1-2H3. The van der Waals surface area contributed by atoms with E-state index in [-0.39, 0.29) is 6.04 Å². The average Bonchev–Trinajstić information content (AvgIpc) is 2.79. The molecular formula is C15H16Br2ClNOS. The van der Waals surface area contributed by atoms with Crippen molar-refractivity contribution < 1.29 is 4.74 Å². The minimum Gasteiger partial charge on any atom is -0.496 e. The lowest BCUT2D eigenvalue weighted by molar-refractivity contribution is 0.404. The minimum absolute atomic E-state index is 0.0640. The smallest absolute Gasteiger partial charge is 0.125 e. The molecule has 0 amide bonds. The SMILES string of the molecule is CCCNC(c1ccc(Cl)cc1OC)c1cc(Br)sc1Br. The molecule has 1 unspecified atom stereocenters. The van der Waals surface area contributed by atoms with Gasteiger partial charge in [-0.3, -0.25) is 0 Å². The lowest BCUT2D eigenvalue weighted by atomic mass is 10.00. The van der Waals surface area contributed by atoms with E-state index in [1.165, 1.54) is 5.56 Å². The first-order valence-corrected chi connectivity index (χ1v) is 9.36. The van der Waals surface area contributed by atoms with E-state index in [4.69, 9.17) is 16.3 Å². The number of rotatable bonds is 6. The van der Waals surface area contributed by atoms with Gasteiger partial charge in [-0.25, -0.2) is 0 Å². The summed E-state index contributed by atoms with van der Waals surface area (Å²) in [5.74, 6) is 0.797. The molecule has 0 aliphatic rings. The highest BCUT2D eigenvalue weighted by Crippen LogP contribution is 2.40. The number of hydrogen-bond donors (Lipinski definition) is 1. The summed E-state index contributed by atoms with van der Waals surface area (Å²) in [5, 5.41) is 4.26. The molecule has 0 saturated heterocycles. The Bertz CT molecular complexity index is 618. The predicted molar refractivity (Wildman–Crippen MR) is 97.9 cm³/mol. The van der Waals surface area contributed by atoms with Crippen LogP contribution in [0, 0.1) is 0 Å². The van der Waals surface area contributed by atoms with Crippen molar-refractivity contribution in [2.24, 2.45) is 0 Å². The zero-order valence-electron chi connectivity index (χ0n) is 11.8. The summed E-state index contributed by atoms with van der Waals surface area (Å²) in [5.41, 5.74) is 2.28. The van der Waals surface area contributed by atoms with Crippen LogP contribution >= 0.6 is 54.8 Å². The van der Waals surface area contributed by atoms with Crippen LogP contribution in [0.25, 0.3) is 0 Å². The first kappa shape index (κ1) is 17.3. The summed E-state index contributed by atoms with van der Waals surface area (Å²) >= 11 is 14.9. The van der Waals surface area contributed by atoms with Crippen LogP contribution in [0.1, 0.15) is 30.5 Å². The second-order valence-electron chi connectivity index (χ2n) is 4.55. The number of halogens is 3. The molecule has 0 fully saturated rings. The molecule has 0 aliphatic carbocycles. The maximum absolute atomic E-state index is 6.07. The molecule has 1 atom stereocenters. The van der Waals surface area contributed by atoms with Gasteiger partial charge in [-0.15, -0.1) is 11.3 Å². The van der Waals surface area contributed by atoms with Gasteiger partial charge >= 0.3 is 0 Å². The van der Waals surface area contributed by atoms with Gasteiger partial charge in [0, 0.05) is 10.6 Å². The van der Waals surface area contributed by atoms with Crippen molar-refractivity contribution in [2.45, 2.75) is 19.4 Å². The molecule has 1 N–H and O–H groups in total. The van der Waals surface area contributed by atoms with Gasteiger partial charge in [0.1, 0.15) is 5.75 Å². The lowest BCUT2D eigenvalue weighted by Crippen LogP contribution is -2.23. The molecule has 2 rings (SSSR count). The van der Waals surface area contributed by atoms with Crippen LogP contribution in [0.15, 0.2) is 31.8 Å². The van der Waals surface area contributed by atoms with E-state index in [1.54, 1.807) is 18.4 Å². The Morgan fingerprint density at radius 2 is 2.05 bits per heavy atom. The Morgan fingerprint density at radius 1 is 1.29 bits per heavy atom. The van der Waals surface area contributed by atoms with Crippen molar-refractivity contribution in [2.75, 3.05) is 13.7 Å². The van der Waals surface area contributed by atoms with E-state index in [1.807, 2.05) is 18.2 Å². The van der Waals surface area contributed by atoms with E-state index in [0.717, 1.165) is 31.9 Å². The fourth-order valence-electron chi connectivity index (χ4n) is 2.15. The molecule has 6 heteroatoms. The summed E-state index contributed by atoms with van der Waals surface area (Å²) in [7, 11) is 1.67. The molecule has 114 valence electrons. The van der Waals surface area contributed by atoms with Gasteiger partial charge in [-0.2, -0.15) is 0 Å². The average molecular weight is 454 g/mol. The van der Waals surface area contributed by atoms with E-state index in [2.05, 4.69) is 50.2 Å². The topological polar surface area (TPSA) is 21.3 Å². The molecule has 1 aromatic carbocycles. The van der Waals surface area contributed by atoms with Crippen LogP contribution in [0.5, 0.6) is 5.75 Å². The molecule has 2 nitrogen and oxygen atoms in total.